The maximum atomic E-state index is 12.6. The van der Waals surface area contributed by atoms with Crippen molar-refractivity contribution in [3.8, 4) is 0 Å². The molecule has 3 rings (SSSR count). The zero-order valence-corrected chi connectivity index (χ0v) is 14.9. The van der Waals surface area contributed by atoms with E-state index in [9.17, 15) is 9.59 Å². The lowest BCUT2D eigenvalue weighted by atomic mass is 10.0. The van der Waals surface area contributed by atoms with Crippen LogP contribution in [0.1, 0.15) is 29.6 Å². The van der Waals surface area contributed by atoms with Crippen LogP contribution < -0.4 is 5.32 Å². The lowest BCUT2D eigenvalue weighted by molar-refractivity contribution is -0.135. The van der Waals surface area contributed by atoms with Crippen molar-refractivity contribution in [2.45, 2.75) is 25.3 Å². The second-order valence-electron chi connectivity index (χ2n) is 6.22. The molecule has 130 valence electrons. The Morgan fingerprint density at radius 2 is 1.75 bits per heavy atom. The highest BCUT2D eigenvalue weighted by molar-refractivity contribution is 6.43. The highest BCUT2D eigenvalue weighted by Crippen LogP contribution is 2.26. The van der Waals surface area contributed by atoms with E-state index in [1.807, 2.05) is 4.90 Å². The summed E-state index contributed by atoms with van der Waals surface area (Å²) in [6.45, 7) is 3.05. The van der Waals surface area contributed by atoms with E-state index < -0.39 is 0 Å². The van der Waals surface area contributed by atoms with Crippen molar-refractivity contribution in [1.82, 2.24) is 15.1 Å². The quantitative estimate of drug-likeness (QED) is 0.870. The maximum Gasteiger partial charge on any atom is 0.255 e. The van der Waals surface area contributed by atoms with Crippen LogP contribution in [0.15, 0.2) is 18.2 Å². The van der Waals surface area contributed by atoms with E-state index in [4.69, 9.17) is 23.2 Å². The molecule has 0 aliphatic carbocycles. The molecule has 7 heteroatoms. The van der Waals surface area contributed by atoms with E-state index >= 15 is 0 Å². The molecule has 0 saturated carbocycles. The third-order valence-electron chi connectivity index (χ3n) is 4.67. The standard InChI is InChI=1S/C17H21Cl2N3O2/c18-13-5-3-4-12(15(13)19)16(23)21-8-10-22(11-9-21)17(24)14-6-1-2-7-20-14/h3-5,14,20H,1-2,6-11H2. The summed E-state index contributed by atoms with van der Waals surface area (Å²) in [7, 11) is 0. The van der Waals surface area contributed by atoms with Crippen molar-refractivity contribution >= 4 is 35.0 Å². The van der Waals surface area contributed by atoms with E-state index in [0.29, 0.717) is 36.8 Å². The van der Waals surface area contributed by atoms with Crippen LogP contribution in [-0.4, -0.2) is 60.4 Å². The van der Waals surface area contributed by atoms with Crippen LogP contribution in [0.25, 0.3) is 0 Å². The van der Waals surface area contributed by atoms with Gasteiger partial charge in [-0.3, -0.25) is 9.59 Å². The minimum atomic E-state index is -0.134. The summed E-state index contributed by atoms with van der Waals surface area (Å²) in [6.07, 6.45) is 3.12. The molecule has 2 aliphatic rings. The summed E-state index contributed by atoms with van der Waals surface area (Å²) in [5, 5.41) is 3.95. The van der Waals surface area contributed by atoms with Gasteiger partial charge in [0.05, 0.1) is 21.7 Å². The second-order valence-corrected chi connectivity index (χ2v) is 7.01. The highest BCUT2D eigenvalue weighted by atomic mass is 35.5. The minimum absolute atomic E-state index is 0.0663. The van der Waals surface area contributed by atoms with Crippen LogP contribution >= 0.6 is 23.2 Å². The molecular weight excluding hydrogens is 349 g/mol. The molecule has 24 heavy (non-hydrogen) atoms. The molecule has 0 spiro atoms. The van der Waals surface area contributed by atoms with Crippen LogP contribution in [0.5, 0.6) is 0 Å². The summed E-state index contributed by atoms with van der Waals surface area (Å²) in [5.74, 6) is 0.0213. The Morgan fingerprint density at radius 1 is 1.04 bits per heavy atom. The van der Waals surface area contributed by atoms with Gasteiger partial charge in [-0.25, -0.2) is 0 Å². The lowest BCUT2D eigenvalue weighted by Crippen LogP contribution is -2.55. The predicted molar refractivity (Wildman–Crippen MR) is 94.6 cm³/mol. The molecule has 0 bridgehead atoms. The lowest BCUT2D eigenvalue weighted by Gasteiger charge is -2.37. The van der Waals surface area contributed by atoms with Gasteiger partial charge < -0.3 is 15.1 Å². The molecule has 5 nitrogen and oxygen atoms in total. The molecule has 1 unspecified atom stereocenters. The first-order valence-corrected chi connectivity index (χ1v) is 9.09. The van der Waals surface area contributed by atoms with Crippen LogP contribution in [0.2, 0.25) is 10.0 Å². The predicted octanol–water partition coefficient (Wildman–Crippen LogP) is 2.42. The van der Waals surface area contributed by atoms with Gasteiger partial charge >= 0.3 is 0 Å². The SMILES string of the molecule is O=C(c1cccc(Cl)c1Cl)N1CCN(C(=O)C2CCCCN2)CC1. The number of piperidine rings is 1. The number of halogens is 2. The fourth-order valence-electron chi connectivity index (χ4n) is 3.25. The van der Waals surface area contributed by atoms with E-state index in [1.165, 1.54) is 0 Å². The average molecular weight is 370 g/mol. The van der Waals surface area contributed by atoms with Crippen LogP contribution in [0, 0.1) is 0 Å². The number of carbonyl (C=O) groups excluding carboxylic acids is 2. The summed E-state index contributed by atoms with van der Waals surface area (Å²) in [6, 6.07) is 4.99. The van der Waals surface area contributed by atoms with Crippen molar-refractivity contribution in [2.75, 3.05) is 32.7 Å². The van der Waals surface area contributed by atoms with Crippen LogP contribution in [0.3, 0.4) is 0 Å². The minimum Gasteiger partial charge on any atom is -0.338 e. The first-order chi connectivity index (χ1) is 11.6. The molecular formula is C17H21Cl2N3O2. The Bertz CT molecular complexity index is 624. The van der Waals surface area contributed by atoms with Crippen LogP contribution in [0.4, 0.5) is 0 Å². The van der Waals surface area contributed by atoms with Gasteiger partial charge in [0.25, 0.3) is 5.91 Å². The third kappa shape index (κ3) is 3.68. The summed E-state index contributed by atoms with van der Waals surface area (Å²) < 4.78 is 0. The smallest absolute Gasteiger partial charge is 0.255 e. The number of hydrogen-bond acceptors (Lipinski definition) is 3. The zero-order chi connectivity index (χ0) is 17.1. The summed E-state index contributed by atoms with van der Waals surface area (Å²) in [5.41, 5.74) is 0.415. The highest BCUT2D eigenvalue weighted by Gasteiger charge is 2.30. The molecule has 0 aromatic heterocycles. The fraction of sp³-hybridized carbons (Fsp3) is 0.529. The Hall–Kier alpha value is -1.30. The third-order valence-corrected chi connectivity index (χ3v) is 5.49. The molecule has 1 N–H and O–H groups in total. The zero-order valence-electron chi connectivity index (χ0n) is 13.4. The fourth-order valence-corrected chi connectivity index (χ4v) is 3.63. The van der Waals surface area contributed by atoms with Crippen molar-refractivity contribution < 1.29 is 9.59 Å². The number of rotatable bonds is 2. The largest absolute Gasteiger partial charge is 0.338 e. The van der Waals surface area contributed by atoms with Crippen LogP contribution in [-0.2, 0) is 4.79 Å². The molecule has 2 fully saturated rings. The number of carbonyl (C=O) groups is 2. The number of hydrogen-bond donors (Lipinski definition) is 1. The van der Waals surface area contributed by atoms with Gasteiger partial charge in [0.2, 0.25) is 5.91 Å². The van der Waals surface area contributed by atoms with Gasteiger partial charge in [0.15, 0.2) is 0 Å². The molecule has 2 aliphatic heterocycles. The molecule has 1 atom stereocenters. The Balaban J connectivity index is 1.59. The van der Waals surface area contributed by atoms with Crippen molar-refractivity contribution in [1.29, 1.82) is 0 Å². The first kappa shape index (κ1) is 17.5. The molecule has 2 amide bonds. The first-order valence-electron chi connectivity index (χ1n) is 8.33. The normalized spacial score (nSPS) is 21.7. The maximum absolute atomic E-state index is 12.6. The van der Waals surface area contributed by atoms with Gasteiger partial charge in [0, 0.05) is 26.2 Å². The Kier molecular flexibility index (Phi) is 5.64. The number of nitrogens with one attached hydrogen (secondary N) is 1. The van der Waals surface area contributed by atoms with Crippen molar-refractivity contribution in [3.63, 3.8) is 0 Å². The summed E-state index contributed by atoms with van der Waals surface area (Å²) in [4.78, 5) is 28.7. The van der Waals surface area contributed by atoms with Crippen molar-refractivity contribution in [3.05, 3.63) is 33.8 Å². The number of nitrogens with zero attached hydrogens (tertiary/aromatic N) is 2. The van der Waals surface area contributed by atoms with Gasteiger partial charge in [-0.1, -0.05) is 35.7 Å². The van der Waals surface area contributed by atoms with Crippen molar-refractivity contribution in [2.24, 2.45) is 0 Å². The second kappa shape index (κ2) is 7.72. The Labute approximate surface area is 151 Å². The van der Waals surface area contributed by atoms with E-state index in [0.717, 1.165) is 25.8 Å². The molecule has 0 radical (unpaired) electrons. The van der Waals surface area contributed by atoms with Gasteiger partial charge in [-0.2, -0.15) is 0 Å². The molecule has 1 aromatic carbocycles. The number of benzene rings is 1. The van der Waals surface area contributed by atoms with E-state index in [2.05, 4.69) is 5.32 Å². The number of amides is 2. The molecule has 2 heterocycles. The molecule has 1 aromatic rings. The average Bonchev–Trinajstić information content (AvgIpc) is 2.64. The Morgan fingerprint density at radius 3 is 2.42 bits per heavy atom. The van der Waals surface area contributed by atoms with Gasteiger partial charge in [-0.15, -0.1) is 0 Å². The monoisotopic (exact) mass is 369 g/mol. The van der Waals surface area contributed by atoms with E-state index in [-0.39, 0.29) is 22.9 Å². The van der Waals surface area contributed by atoms with Gasteiger partial charge in [0.1, 0.15) is 0 Å². The van der Waals surface area contributed by atoms with Gasteiger partial charge in [-0.05, 0) is 31.5 Å². The summed E-state index contributed by atoms with van der Waals surface area (Å²) >= 11 is 12.1. The van der Waals surface area contributed by atoms with E-state index in [1.54, 1.807) is 23.1 Å². The number of piperazine rings is 1. The topological polar surface area (TPSA) is 52.7 Å². The molecule has 2 saturated heterocycles.